The van der Waals surface area contributed by atoms with Crippen molar-refractivity contribution in [1.29, 1.82) is 0 Å². The molecule has 2 unspecified atom stereocenters. The molecule has 9 aromatic rings. The molecule has 58 heavy (non-hydrogen) atoms. The van der Waals surface area contributed by atoms with Gasteiger partial charge in [-0.2, -0.15) is 0 Å². The molecule has 0 saturated heterocycles. The van der Waals surface area contributed by atoms with E-state index in [1.807, 2.05) is 0 Å². The molecule has 2 aliphatic carbocycles. The first kappa shape index (κ1) is 32.9. The number of para-hydroxylation sites is 5. The molecule has 2 atom stereocenters. The predicted molar refractivity (Wildman–Crippen MR) is 244 cm³/mol. The molecule has 3 heterocycles. The maximum Gasteiger partial charge on any atom is 0.0629 e. The zero-order valence-electron chi connectivity index (χ0n) is 32.0. The van der Waals surface area contributed by atoms with E-state index >= 15 is 0 Å². The summed E-state index contributed by atoms with van der Waals surface area (Å²) in [6.07, 6.45) is 15.6. The Bertz CT molecular complexity index is 3080. The van der Waals surface area contributed by atoms with Crippen molar-refractivity contribution in [2.45, 2.75) is 24.8 Å². The molecule has 0 saturated carbocycles. The number of hydrogen-bond acceptors (Lipinski definition) is 2. The van der Waals surface area contributed by atoms with Gasteiger partial charge in [-0.05, 0) is 109 Å². The lowest BCUT2D eigenvalue weighted by atomic mass is 9.91. The van der Waals surface area contributed by atoms with E-state index in [4.69, 9.17) is 0 Å². The van der Waals surface area contributed by atoms with E-state index < -0.39 is 0 Å². The van der Waals surface area contributed by atoms with Gasteiger partial charge in [0, 0.05) is 67.3 Å². The Morgan fingerprint density at radius 3 is 1.50 bits per heavy atom. The zero-order valence-corrected chi connectivity index (χ0v) is 32.0. The Balaban J connectivity index is 0.967. The number of benzene rings is 7. The van der Waals surface area contributed by atoms with Gasteiger partial charge in [-0.25, -0.2) is 0 Å². The Kier molecular flexibility index (Phi) is 7.45. The molecule has 4 heteroatoms. The number of anilines is 4. The van der Waals surface area contributed by atoms with Crippen molar-refractivity contribution in [3.05, 3.63) is 218 Å². The third-order valence-electron chi connectivity index (χ3n) is 12.6. The highest BCUT2D eigenvalue weighted by atomic mass is 15.2. The monoisotopic (exact) mass is 744 g/mol. The highest BCUT2D eigenvalue weighted by Crippen LogP contribution is 2.48. The Labute approximate surface area is 337 Å². The van der Waals surface area contributed by atoms with Gasteiger partial charge in [0.05, 0.1) is 28.1 Å². The van der Waals surface area contributed by atoms with Crippen molar-refractivity contribution in [3.8, 4) is 5.69 Å². The number of rotatable bonds is 6. The minimum Gasteiger partial charge on any atom is -0.333 e. The lowest BCUT2D eigenvalue weighted by molar-refractivity contribution is 0.745. The summed E-state index contributed by atoms with van der Waals surface area (Å²) < 4.78 is 4.86. The van der Waals surface area contributed by atoms with Crippen LogP contribution in [-0.4, -0.2) is 15.2 Å². The molecular formula is C54H40N4. The van der Waals surface area contributed by atoms with Crippen molar-refractivity contribution >= 4 is 72.1 Å². The van der Waals surface area contributed by atoms with E-state index in [-0.39, 0.29) is 6.04 Å². The normalized spacial score (nSPS) is 17.2. The summed E-state index contributed by atoms with van der Waals surface area (Å²) in [5, 5.41) is 5.14. The van der Waals surface area contributed by atoms with Crippen LogP contribution in [0.25, 0.3) is 55.0 Å². The summed E-state index contributed by atoms with van der Waals surface area (Å²) in [6, 6.07) is 62.6. The van der Waals surface area contributed by atoms with Gasteiger partial charge in [0.25, 0.3) is 0 Å². The Morgan fingerprint density at radius 2 is 0.931 bits per heavy atom. The highest BCUT2D eigenvalue weighted by Gasteiger charge is 2.37. The van der Waals surface area contributed by atoms with Gasteiger partial charge >= 0.3 is 0 Å². The number of aromatic nitrogens is 2. The summed E-state index contributed by atoms with van der Waals surface area (Å²) in [4.78, 5) is 4.97. The average molecular weight is 745 g/mol. The van der Waals surface area contributed by atoms with Crippen LogP contribution in [0, 0.1) is 0 Å². The first-order valence-electron chi connectivity index (χ1n) is 20.4. The first-order chi connectivity index (χ1) is 28.8. The molecule has 276 valence electrons. The van der Waals surface area contributed by atoms with Gasteiger partial charge in [-0.3, -0.25) is 0 Å². The molecule has 0 N–H and O–H groups in total. The summed E-state index contributed by atoms with van der Waals surface area (Å²) in [6.45, 7) is 0. The van der Waals surface area contributed by atoms with Crippen molar-refractivity contribution in [2.75, 3.05) is 9.80 Å². The fraction of sp³-hybridized carbons (Fsp3) is 0.0741. The molecule has 0 radical (unpaired) electrons. The van der Waals surface area contributed by atoms with Crippen molar-refractivity contribution < 1.29 is 0 Å². The number of fused-ring (bicyclic) bond motifs is 9. The Hall–Kier alpha value is -7.30. The van der Waals surface area contributed by atoms with Crippen LogP contribution in [0.4, 0.5) is 22.7 Å². The van der Waals surface area contributed by atoms with Crippen LogP contribution in [0.15, 0.2) is 212 Å². The van der Waals surface area contributed by atoms with Gasteiger partial charge in [-0.1, -0.05) is 115 Å². The molecule has 12 rings (SSSR count). The molecule has 3 aliphatic rings. The van der Waals surface area contributed by atoms with E-state index in [0.717, 1.165) is 29.9 Å². The van der Waals surface area contributed by atoms with E-state index in [1.54, 1.807) is 0 Å². The van der Waals surface area contributed by atoms with Crippen molar-refractivity contribution in [2.24, 2.45) is 0 Å². The minimum atomic E-state index is 0.267. The lowest BCUT2D eigenvalue weighted by Crippen LogP contribution is -2.28. The van der Waals surface area contributed by atoms with Crippen LogP contribution in [0.1, 0.15) is 24.3 Å². The molecule has 0 spiro atoms. The molecule has 1 aliphatic heterocycles. The summed E-state index contributed by atoms with van der Waals surface area (Å²) in [7, 11) is 0. The van der Waals surface area contributed by atoms with Crippen LogP contribution >= 0.6 is 0 Å². The van der Waals surface area contributed by atoms with Crippen LogP contribution < -0.4 is 9.80 Å². The second-order valence-corrected chi connectivity index (χ2v) is 15.6. The van der Waals surface area contributed by atoms with Gasteiger partial charge in [0.2, 0.25) is 0 Å². The summed E-state index contributed by atoms with van der Waals surface area (Å²) in [5.74, 6) is 0.355. The molecular weight excluding hydrogens is 705 g/mol. The largest absolute Gasteiger partial charge is 0.333 e. The SMILES string of the molecule is C1=CC2c3ccccc3N(c3ccc(N(C4=CC=C(n5c6ccccc6c6ccccc65)CC4)c4ccc(-n5c6ccccc6c6ccccc65)cc4)cc3)C2C=C1. The number of nitrogens with zero attached hydrogens (tertiary/aromatic N) is 4. The zero-order chi connectivity index (χ0) is 38.2. The topological polar surface area (TPSA) is 16.3 Å². The lowest BCUT2D eigenvalue weighted by Gasteiger charge is -2.32. The Morgan fingerprint density at radius 1 is 0.431 bits per heavy atom. The second-order valence-electron chi connectivity index (χ2n) is 15.6. The summed E-state index contributed by atoms with van der Waals surface area (Å²) >= 11 is 0. The van der Waals surface area contributed by atoms with Gasteiger partial charge in [0.1, 0.15) is 0 Å². The minimum absolute atomic E-state index is 0.267. The average Bonchev–Trinajstić information content (AvgIpc) is 3.93. The van der Waals surface area contributed by atoms with Gasteiger partial charge in [-0.15, -0.1) is 0 Å². The fourth-order valence-corrected chi connectivity index (χ4v) is 10.0. The smallest absolute Gasteiger partial charge is 0.0629 e. The molecule has 0 fully saturated rings. The predicted octanol–water partition coefficient (Wildman–Crippen LogP) is 14.0. The van der Waals surface area contributed by atoms with Crippen molar-refractivity contribution in [3.63, 3.8) is 0 Å². The fourth-order valence-electron chi connectivity index (χ4n) is 10.0. The molecule has 0 amide bonds. The summed E-state index contributed by atoms with van der Waals surface area (Å²) in [5.41, 5.74) is 14.9. The van der Waals surface area contributed by atoms with E-state index in [1.165, 1.54) is 71.9 Å². The van der Waals surface area contributed by atoms with E-state index in [0.29, 0.717) is 5.92 Å². The standard InChI is InChI=1S/C54H40N4/c1-7-19-49-43(13-1)44-14-2-8-20-50(44)56(49)40-31-25-37(26-32-40)55(38-27-33-41(34-28-38)57-51-21-9-3-15-45(51)46-16-4-10-22-52(46)57)39-29-35-42(36-30-39)58-53-23-11-5-17-47(53)48-18-6-12-24-54(48)58/h1-29,31-35,43,49H,30,36H2. The maximum atomic E-state index is 2.51. The number of allylic oxidation sites excluding steroid dienone is 6. The van der Waals surface area contributed by atoms with Crippen LogP contribution in [0.3, 0.4) is 0 Å². The van der Waals surface area contributed by atoms with E-state index in [2.05, 4.69) is 225 Å². The quantitative estimate of drug-likeness (QED) is 0.169. The third kappa shape index (κ3) is 5.01. The van der Waals surface area contributed by atoms with E-state index in [9.17, 15) is 0 Å². The maximum absolute atomic E-state index is 2.51. The first-order valence-corrected chi connectivity index (χ1v) is 20.4. The van der Waals surface area contributed by atoms with Gasteiger partial charge in [0.15, 0.2) is 0 Å². The molecule has 4 nitrogen and oxygen atoms in total. The molecule has 2 aromatic heterocycles. The van der Waals surface area contributed by atoms with Crippen molar-refractivity contribution in [1.82, 2.24) is 9.13 Å². The second kappa shape index (κ2) is 13.1. The molecule has 7 aromatic carbocycles. The van der Waals surface area contributed by atoms with Crippen LogP contribution in [0.2, 0.25) is 0 Å². The highest BCUT2D eigenvalue weighted by molar-refractivity contribution is 6.10. The third-order valence-corrected chi connectivity index (χ3v) is 12.6. The molecule has 0 bridgehead atoms. The number of hydrogen-bond donors (Lipinski definition) is 0. The van der Waals surface area contributed by atoms with Gasteiger partial charge < -0.3 is 18.9 Å². The van der Waals surface area contributed by atoms with Crippen LogP contribution in [0.5, 0.6) is 0 Å². The van der Waals surface area contributed by atoms with Crippen LogP contribution in [-0.2, 0) is 0 Å².